The molecular weight excluding hydrogens is 356 g/mol. The molecule has 0 saturated heterocycles. The molecule has 1 aromatic heterocycles. The molecule has 0 aliphatic carbocycles. The molecule has 6 heteroatoms. The maximum Gasteiger partial charge on any atom is 0.442 e. The number of furan rings is 1. The maximum atomic E-state index is 11.5. The van der Waals surface area contributed by atoms with Gasteiger partial charge in [0.2, 0.25) is 5.91 Å². The fourth-order valence-electron chi connectivity index (χ4n) is 3.29. The van der Waals surface area contributed by atoms with Crippen LogP contribution in [0.1, 0.15) is 5.56 Å². The molecule has 0 atom stereocenters. The van der Waals surface area contributed by atoms with Crippen molar-refractivity contribution in [1.29, 1.82) is 0 Å². The van der Waals surface area contributed by atoms with Gasteiger partial charge >= 0.3 is 5.88 Å². The summed E-state index contributed by atoms with van der Waals surface area (Å²) >= 11 is 0. The van der Waals surface area contributed by atoms with Crippen molar-refractivity contribution >= 4 is 22.8 Å². The number of carbonyl (C=O) groups excluding carboxylic acids is 1. The predicted octanol–water partition coefficient (Wildman–Crippen LogP) is 4.70. The van der Waals surface area contributed by atoms with Crippen LogP contribution in [0.15, 0.2) is 77.2 Å². The quantitative estimate of drug-likeness (QED) is 0.405. The van der Waals surface area contributed by atoms with Gasteiger partial charge in [0.1, 0.15) is 16.1 Å². The average molecular weight is 372 g/mol. The highest BCUT2D eigenvalue weighted by atomic mass is 16.6. The number of benzene rings is 3. The number of carbonyl (C=O) groups is 1. The topological polar surface area (TPSA) is 99.4 Å². The summed E-state index contributed by atoms with van der Waals surface area (Å²) in [7, 11) is 0. The molecular formula is C22H16N2O4. The monoisotopic (exact) mass is 372 g/mol. The van der Waals surface area contributed by atoms with Gasteiger partial charge in [0.25, 0.3) is 0 Å². The second-order valence-electron chi connectivity index (χ2n) is 6.46. The Bertz CT molecular complexity index is 1180. The molecule has 0 aliphatic rings. The zero-order valence-corrected chi connectivity index (χ0v) is 14.8. The number of primary amides is 1. The van der Waals surface area contributed by atoms with E-state index in [2.05, 4.69) is 0 Å². The number of amides is 1. The first-order valence-corrected chi connectivity index (χ1v) is 8.67. The Morgan fingerprint density at radius 1 is 0.929 bits per heavy atom. The van der Waals surface area contributed by atoms with E-state index in [0.29, 0.717) is 16.5 Å². The summed E-state index contributed by atoms with van der Waals surface area (Å²) in [5.41, 5.74) is 9.54. The smallest absolute Gasteiger partial charge is 0.400 e. The van der Waals surface area contributed by atoms with Gasteiger partial charge in [-0.15, -0.1) is 0 Å². The molecule has 0 saturated carbocycles. The van der Waals surface area contributed by atoms with E-state index in [1.807, 2.05) is 66.7 Å². The highest BCUT2D eigenvalue weighted by molar-refractivity contribution is 6.00. The van der Waals surface area contributed by atoms with Crippen molar-refractivity contribution in [1.82, 2.24) is 0 Å². The van der Waals surface area contributed by atoms with Crippen molar-refractivity contribution < 1.29 is 14.1 Å². The van der Waals surface area contributed by atoms with Crippen molar-refractivity contribution in [2.45, 2.75) is 6.42 Å². The van der Waals surface area contributed by atoms with Crippen LogP contribution in [0.2, 0.25) is 0 Å². The van der Waals surface area contributed by atoms with E-state index >= 15 is 0 Å². The minimum absolute atomic E-state index is 0.186. The Hall–Kier alpha value is -3.93. The number of nitrogens with zero attached hydrogens (tertiary/aromatic N) is 1. The summed E-state index contributed by atoms with van der Waals surface area (Å²) in [4.78, 5) is 22.1. The molecule has 2 N–H and O–H groups in total. The highest BCUT2D eigenvalue weighted by Gasteiger charge is 2.25. The number of nitro groups is 1. The fourth-order valence-corrected chi connectivity index (χ4v) is 3.29. The van der Waals surface area contributed by atoms with Gasteiger partial charge < -0.3 is 10.2 Å². The Morgan fingerprint density at radius 2 is 1.61 bits per heavy atom. The lowest BCUT2D eigenvalue weighted by Gasteiger charge is -2.04. The summed E-state index contributed by atoms with van der Waals surface area (Å²) in [5.74, 6) is -0.650. The SMILES string of the molecule is NC(=O)Cc1ccc(-c2ccc3oc([N+](=O)[O-])c(-c4ccccc4)c3c2)cc1. The largest absolute Gasteiger partial charge is 0.442 e. The van der Waals surface area contributed by atoms with E-state index < -0.39 is 4.92 Å². The molecule has 1 amide bonds. The number of rotatable bonds is 5. The van der Waals surface area contributed by atoms with Gasteiger partial charge in [0.15, 0.2) is 0 Å². The highest BCUT2D eigenvalue weighted by Crippen LogP contribution is 2.41. The molecule has 138 valence electrons. The number of nitrogens with two attached hydrogens (primary N) is 1. The van der Waals surface area contributed by atoms with Gasteiger partial charge in [0, 0.05) is 5.39 Å². The third-order valence-corrected chi connectivity index (χ3v) is 4.56. The van der Waals surface area contributed by atoms with Gasteiger partial charge in [-0.1, -0.05) is 60.7 Å². The lowest BCUT2D eigenvalue weighted by molar-refractivity contribution is -0.400. The van der Waals surface area contributed by atoms with Crippen LogP contribution in [-0.4, -0.2) is 10.8 Å². The zero-order valence-electron chi connectivity index (χ0n) is 14.8. The van der Waals surface area contributed by atoms with Crippen LogP contribution in [-0.2, 0) is 11.2 Å². The lowest BCUT2D eigenvalue weighted by atomic mass is 9.98. The standard InChI is InChI=1S/C22H16N2O4/c23-20(25)12-14-6-8-15(9-7-14)17-10-11-19-18(13-17)21(22(28-19)24(26)27)16-4-2-1-3-5-16/h1-11,13H,12H2,(H2,23,25). The van der Waals surface area contributed by atoms with E-state index in [9.17, 15) is 14.9 Å². The van der Waals surface area contributed by atoms with Gasteiger partial charge in [-0.2, -0.15) is 0 Å². The van der Waals surface area contributed by atoms with Crippen molar-refractivity contribution in [3.05, 3.63) is 88.5 Å². The molecule has 0 spiro atoms. The van der Waals surface area contributed by atoms with E-state index in [1.165, 1.54) is 0 Å². The molecule has 4 aromatic rings. The summed E-state index contributed by atoms with van der Waals surface area (Å²) in [6.07, 6.45) is 0.186. The van der Waals surface area contributed by atoms with Crippen LogP contribution in [0.5, 0.6) is 0 Å². The fraction of sp³-hybridized carbons (Fsp3) is 0.0455. The van der Waals surface area contributed by atoms with Crippen molar-refractivity contribution in [3.8, 4) is 22.3 Å². The van der Waals surface area contributed by atoms with Crippen LogP contribution < -0.4 is 5.73 Å². The van der Waals surface area contributed by atoms with Gasteiger partial charge in [-0.25, -0.2) is 0 Å². The van der Waals surface area contributed by atoms with E-state index in [-0.39, 0.29) is 18.2 Å². The van der Waals surface area contributed by atoms with Crippen LogP contribution >= 0.6 is 0 Å². The second-order valence-corrected chi connectivity index (χ2v) is 6.46. The summed E-state index contributed by atoms with van der Waals surface area (Å²) in [5, 5.41) is 12.2. The third-order valence-electron chi connectivity index (χ3n) is 4.56. The van der Waals surface area contributed by atoms with Gasteiger partial charge in [0.05, 0.1) is 6.42 Å². The van der Waals surface area contributed by atoms with Crippen molar-refractivity contribution in [2.75, 3.05) is 0 Å². The molecule has 28 heavy (non-hydrogen) atoms. The van der Waals surface area contributed by atoms with Crippen molar-refractivity contribution in [3.63, 3.8) is 0 Å². The van der Waals surface area contributed by atoms with Crippen LogP contribution in [0, 0.1) is 10.1 Å². The van der Waals surface area contributed by atoms with E-state index in [0.717, 1.165) is 22.3 Å². The molecule has 0 radical (unpaired) electrons. The minimum atomic E-state index is -0.499. The number of fused-ring (bicyclic) bond motifs is 1. The molecule has 0 unspecified atom stereocenters. The Balaban J connectivity index is 1.84. The van der Waals surface area contributed by atoms with Crippen molar-refractivity contribution in [2.24, 2.45) is 5.73 Å². The molecule has 3 aromatic carbocycles. The van der Waals surface area contributed by atoms with Gasteiger partial charge in [-0.05, 0) is 34.4 Å². The number of hydrogen-bond donors (Lipinski definition) is 1. The van der Waals surface area contributed by atoms with E-state index in [1.54, 1.807) is 6.07 Å². The normalized spacial score (nSPS) is 10.9. The minimum Gasteiger partial charge on any atom is -0.400 e. The number of hydrogen-bond acceptors (Lipinski definition) is 4. The molecule has 0 bridgehead atoms. The Kier molecular flexibility index (Phi) is 4.37. The van der Waals surface area contributed by atoms with E-state index in [4.69, 9.17) is 10.2 Å². The first kappa shape index (κ1) is 17.5. The molecule has 0 aliphatic heterocycles. The van der Waals surface area contributed by atoms with Crippen LogP contribution in [0.3, 0.4) is 0 Å². The lowest BCUT2D eigenvalue weighted by Crippen LogP contribution is -2.13. The zero-order chi connectivity index (χ0) is 19.7. The molecule has 1 heterocycles. The van der Waals surface area contributed by atoms with Crippen LogP contribution in [0.25, 0.3) is 33.2 Å². The maximum absolute atomic E-state index is 11.5. The van der Waals surface area contributed by atoms with Gasteiger partial charge in [-0.3, -0.25) is 14.9 Å². The summed E-state index contributed by atoms with van der Waals surface area (Å²) in [6.45, 7) is 0. The Morgan fingerprint density at radius 3 is 2.25 bits per heavy atom. The summed E-state index contributed by atoms with van der Waals surface area (Å²) in [6, 6.07) is 22.1. The molecule has 4 rings (SSSR count). The second kappa shape index (κ2) is 7.00. The summed E-state index contributed by atoms with van der Waals surface area (Å²) < 4.78 is 5.52. The van der Waals surface area contributed by atoms with Crippen LogP contribution in [0.4, 0.5) is 5.88 Å². The molecule has 0 fully saturated rings. The first-order valence-electron chi connectivity index (χ1n) is 8.67. The predicted molar refractivity (Wildman–Crippen MR) is 107 cm³/mol. The molecule has 6 nitrogen and oxygen atoms in total. The third kappa shape index (κ3) is 3.23. The average Bonchev–Trinajstić information content (AvgIpc) is 3.08. The Labute approximate surface area is 160 Å². The first-order chi connectivity index (χ1) is 13.5.